The molecule has 5 nitrogen and oxygen atoms in total. The van der Waals surface area contributed by atoms with Gasteiger partial charge in [0.1, 0.15) is 5.60 Å². The molecule has 1 saturated carbocycles. The van der Waals surface area contributed by atoms with E-state index in [1.165, 1.54) is 12.0 Å². The smallest absolute Gasteiger partial charge is 0.343 e. The second kappa shape index (κ2) is 5.80. The molecule has 2 N–H and O–H groups in total. The van der Waals surface area contributed by atoms with Crippen LogP contribution in [0.3, 0.4) is 0 Å². The SMILES string of the molecule is CC1=C2[C@@H]3OC(=O)C(O)(CN4CCCCC4)C3(O)CC[C@@]2(C)CCC1. The van der Waals surface area contributed by atoms with Crippen LogP contribution in [-0.4, -0.2) is 58.0 Å². The molecule has 0 radical (unpaired) electrons. The van der Waals surface area contributed by atoms with Crippen LogP contribution in [0.1, 0.15) is 65.2 Å². The number of aliphatic hydroxyl groups is 2. The Kier molecular flexibility index (Phi) is 4.06. The van der Waals surface area contributed by atoms with Gasteiger partial charge in [0.2, 0.25) is 5.60 Å². The van der Waals surface area contributed by atoms with Crippen molar-refractivity contribution >= 4 is 5.97 Å². The highest BCUT2D eigenvalue weighted by atomic mass is 16.6. The van der Waals surface area contributed by atoms with Gasteiger partial charge in [0.15, 0.2) is 6.10 Å². The maximum atomic E-state index is 12.7. The zero-order chi connectivity index (χ0) is 17.9. The summed E-state index contributed by atoms with van der Waals surface area (Å²) in [5, 5.41) is 22.9. The Morgan fingerprint density at radius 2 is 1.84 bits per heavy atom. The Bertz CT molecular complexity index is 611. The average molecular weight is 349 g/mol. The average Bonchev–Trinajstić information content (AvgIpc) is 2.76. The van der Waals surface area contributed by atoms with Gasteiger partial charge < -0.3 is 14.9 Å². The molecule has 0 spiro atoms. The lowest BCUT2D eigenvalue weighted by Crippen LogP contribution is -2.66. The molecule has 2 saturated heterocycles. The second-order valence-electron chi connectivity index (χ2n) is 9.01. The Labute approximate surface area is 150 Å². The summed E-state index contributed by atoms with van der Waals surface area (Å²) in [5.74, 6) is -0.638. The summed E-state index contributed by atoms with van der Waals surface area (Å²) in [6.07, 6.45) is 7.07. The number of hydrogen-bond donors (Lipinski definition) is 2. The van der Waals surface area contributed by atoms with Gasteiger partial charge in [0, 0.05) is 6.54 Å². The number of fused-ring (bicyclic) bond motifs is 3. The number of likely N-dealkylation sites (tertiary alicyclic amines) is 1. The quantitative estimate of drug-likeness (QED) is 0.591. The van der Waals surface area contributed by atoms with Crippen molar-refractivity contribution in [1.29, 1.82) is 0 Å². The number of allylic oxidation sites excluding steroid dienone is 1. The minimum absolute atomic E-state index is 0.0180. The largest absolute Gasteiger partial charge is 0.452 e. The fraction of sp³-hybridized carbons (Fsp3) is 0.850. The molecular formula is C20H31NO4. The molecule has 0 aromatic rings. The standard InChI is InChI=1S/C20H31NO4/c1-14-7-6-8-18(2)9-10-19(23)16(15(14)18)25-17(22)20(19,24)13-21-11-4-3-5-12-21/h16,23-24H,3-13H2,1-2H3/t16-,18+,19?,20?/m0/s1. The third kappa shape index (κ3) is 2.42. The fourth-order valence-electron chi connectivity index (χ4n) is 5.77. The minimum atomic E-state index is -1.82. The number of carbonyl (C=O) groups excluding carboxylic acids is 1. The van der Waals surface area contributed by atoms with Crippen molar-refractivity contribution in [3.05, 3.63) is 11.1 Å². The predicted octanol–water partition coefficient (Wildman–Crippen LogP) is 2.16. The van der Waals surface area contributed by atoms with Crippen LogP contribution in [-0.2, 0) is 9.53 Å². The van der Waals surface area contributed by atoms with Gasteiger partial charge in [-0.2, -0.15) is 0 Å². The zero-order valence-electron chi connectivity index (χ0n) is 15.5. The van der Waals surface area contributed by atoms with E-state index in [0.717, 1.165) is 57.2 Å². The second-order valence-corrected chi connectivity index (χ2v) is 9.01. The molecule has 2 heterocycles. The van der Waals surface area contributed by atoms with Crippen LogP contribution in [0.25, 0.3) is 0 Å². The lowest BCUT2D eigenvalue weighted by atomic mass is 9.57. The van der Waals surface area contributed by atoms with Crippen molar-refractivity contribution in [1.82, 2.24) is 4.90 Å². The van der Waals surface area contributed by atoms with E-state index in [9.17, 15) is 15.0 Å². The van der Waals surface area contributed by atoms with Gasteiger partial charge in [-0.15, -0.1) is 0 Å². The Morgan fingerprint density at radius 1 is 1.12 bits per heavy atom. The highest BCUT2D eigenvalue weighted by Crippen LogP contribution is 2.58. The Balaban J connectivity index is 1.69. The Morgan fingerprint density at radius 3 is 2.56 bits per heavy atom. The molecule has 25 heavy (non-hydrogen) atoms. The first-order valence-corrected chi connectivity index (χ1v) is 9.88. The monoisotopic (exact) mass is 349 g/mol. The molecule has 4 atom stereocenters. The van der Waals surface area contributed by atoms with Crippen LogP contribution in [0.5, 0.6) is 0 Å². The van der Waals surface area contributed by atoms with Gasteiger partial charge in [0.25, 0.3) is 0 Å². The normalized spacial score (nSPS) is 45.1. The molecule has 0 aromatic carbocycles. The van der Waals surface area contributed by atoms with Crippen molar-refractivity contribution in [2.24, 2.45) is 5.41 Å². The van der Waals surface area contributed by atoms with Crippen LogP contribution < -0.4 is 0 Å². The summed E-state index contributed by atoms with van der Waals surface area (Å²) < 4.78 is 5.71. The van der Waals surface area contributed by atoms with E-state index in [1.54, 1.807) is 0 Å². The maximum absolute atomic E-state index is 12.7. The van der Waals surface area contributed by atoms with Crippen LogP contribution in [0.15, 0.2) is 11.1 Å². The van der Waals surface area contributed by atoms with Crippen molar-refractivity contribution < 1.29 is 19.7 Å². The molecule has 3 fully saturated rings. The molecule has 4 rings (SSSR count). The van der Waals surface area contributed by atoms with E-state index in [0.29, 0.717) is 6.42 Å². The van der Waals surface area contributed by atoms with Crippen molar-refractivity contribution in [2.75, 3.05) is 19.6 Å². The van der Waals surface area contributed by atoms with Gasteiger partial charge in [-0.3, -0.25) is 4.90 Å². The minimum Gasteiger partial charge on any atom is -0.452 e. The first kappa shape index (κ1) is 17.5. The number of nitrogens with zero attached hydrogens (tertiary/aromatic N) is 1. The summed E-state index contributed by atoms with van der Waals surface area (Å²) in [7, 11) is 0. The number of esters is 1. The molecule has 0 bridgehead atoms. The number of rotatable bonds is 2. The highest BCUT2D eigenvalue weighted by Gasteiger charge is 2.71. The van der Waals surface area contributed by atoms with Crippen molar-refractivity contribution in [3.63, 3.8) is 0 Å². The number of carbonyl (C=O) groups is 1. The molecule has 4 aliphatic rings. The fourth-order valence-corrected chi connectivity index (χ4v) is 5.77. The molecule has 2 aliphatic heterocycles. The van der Waals surface area contributed by atoms with Crippen LogP contribution in [0, 0.1) is 5.41 Å². The van der Waals surface area contributed by atoms with Crippen molar-refractivity contribution in [2.45, 2.75) is 82.5 Å². The predicted molar refractivity (Wildman–Crippen MR) is 94.0 cm³/mol. The van der Waals surface area contributed by atoms with Crippen LogP contribution >= 0.6 is 0 Å². The van der Waals surface area contributed by atoms with Gasteiger partial charge >= 0.3 is 5.97 Å². The number of ether oxygens (including phenoxy) is 1. The van der Waals surface area contributed by atoms with E-state index in [4.69, 9.17) is 4.74 Å². The molecule has 0 amide bonds. The first-order valence-electron chi connectivity index (χ1n) is 9.88. The van der Waals surface area contributed by atoms with E-state index < -0.39 is 23.3 Å². The van der Waals surface area contributed by atoms with Crippen LogP contribution in [0.4, 0.5) is 0 Å². The number of hydrogen-bond acceptors (Lipinski definition) is 5. The maximum Gasteiger partial charge on any atom is 0.343 e. The molecular weight excluding hydrogens is 318 g/mol. The molecule has 0 aromatic heterocycles. The summed E-state index contributed by atoms with van der Waals surface area (Å²) in [6.45, 7) is 6.24. The van der Waals surface area contributed by atoms with Gasteiger partial charge in [-0.25, -0.2) is 4.79 Å². The molecule has 2 unspecified atom stereocenters. The summed E-state index contributed by atoms with van der Waals surface area (Å²) in [6, 6.07) is 0. The third-order valence-corrected chi connectivity index (χ3v) is 7.32. The lowest BCUT2D eigenvalue weighted by Gasteiger charge is -2.51. The first-order chi connectivity index (χ1) is 11.8. The summed E-state index contributed by atoms with van der Waals surface area (Å²) >= 11 is 0. The van der Waals surface area contributed by atoms with Gasteiger partial charge in [-0.1, -0.05) is 18.9 Å². The van der Waals surface area contributed by atoms with E-state index >= 15 is 0 Å². The van der Waals surface area contributed by atoms with E-state index in [2.05, 4.69) is 18.7 Å². The molecule has 140 valence electrons. The van der Waals surface area contributed by atoms with Gasteiger partial charge in [-0.05, 0) is 75.9 Å². The third-order valence-electron chi connectivity index (χ3n) is 7.32. The summed E-state index contributed by atoms with van der Waals surface area (Å²) in [4.78, 5) is 14.9. The zero-order valence-corrected chi connectivity index (χ0v) is 15.5. The topological polar surface area (TPSA) is 70.0 Å². The molecule has 5 heteroatoms. The van der Waals surface area contributed by atoms with E-state index in [-0.39, 0.29) is 12.0 Å². The van der Waals surface area contributed by atoms with E-state index in [1.807, 2.05) is 0 Å². The van der Waals surface area contributed by atoms with Gasteiger partial charge in [0.05, 0.1) is 0 Å². The molecule has 2 aliphatic carbocycles. The highest BCUT2D eigenvalue weighted by molar-refractivity contribution is 5.85. The Hall–Kier alpha value is -0.910. The lowest BCUT2D eigenvalue weighted by molar-refractivity contribution is -0.173. The van der Waals surface area contributed by atoms with Crippen molar-refractivity contribution in [3.8, 4) is 0 Å². The number of piperidine rings is 1. The number of β-amino-alcohol motifs (C(OH)–C–C–N with tert-alkyl or cyclic N) is 1. The summed E-state index contributed by atoms with van der Waals surface area (Å²) in [5.41, 5.74) is -1.03. The van der Waals surface area contributed by atoms with Crippen LogP contribution in [0.2, 0.25) is 0 Å².